The highest BCUT2D eigenvalue weighted by molar-refractivity contribution is 7.89. The molecule has 23 heavy (non-hydrogen) atoms. The molecule has 0 aliphatic rings. The molecule has 1 atom stereocenters. The van der Waals surface area contributed by atoms with Gasteiger partial charge < -0.3 is 0 Å². The molecule has 6 nitrogen and oxygen atoms in total. The van der Waals surface area contributed by atoms with Crippen LogP contribution in [0.5, 0.6) is 0 Å². The smallest absolute Gasteiger partial charge is 0.283 e. The molecule has 0 radical (unpaired) electrons. The van der Waals surface area contributed by atoms with Crippen molar-refractivity contribution in [2.24, 2.45) is 0 Å². The number of benzene rings is 2. The predicted octanol–water partition coefficient (Wildman–Crippen LogP) is 2.94. The van der Waals surface area contributed by atoms with Crippen molar-refractivity contribution in [3.05, 3.63) is 64.7 Å². The van der Waals surface area contributed by atoms with E-state index in [1.165, 1.54) is 49.4 Å². The van der Waals surface area contributed by atoms with Crippen LogP contribution in [0.25, 0.3) is 0 Å². The minimum absolute atomic E-state index is 0.0462. The van der Waals surface area contributed by atoms with Crippen LogP contribution in [-0.4, -0.2) is 21.4 Å². The Balaban J connectivity index is 2.52. The van der Waals surface area contributed by atoms with E-state index in [0.29, 0.717) is 5.56 Å². The Morgan fingerprint density at radius 2 is 1.57 bits per heavy atom. The SMILES string of the molecule is Cc1ccccc1S(=O)(=O)OC(c1ccccc1Cl)S(=O)(=O)O. The lowest BCUT2D eigenvalue weighted by Gasteiger charge is -2.17. The van der Waals surface area contributed by atoms with Gasteiger partial charge in [0.1, 0.15) is 0 Å². The van der Waals surface area contributed by atoms with E-state index in [-0.39, 0.29) is 15.5 Å². The van der Waals surface area contributed by atoms with E-state index in [1.54, 1.807) is 6.07 Å². The Bertz CT molecular complexity index is 922. The molecule has 2 rings (SSSR count). The van der Waals surface area contributed by atoms with Crippen molar-refractivity contribution in [3.8, 4) is 0 Å². The second-order valence-electron chi connectivity index (χ2n) is 4.68. The average molecular weight is 377 g/mol. The van der Waals surface area contributed by atoms with E-state index in [1.807, 2.05) is 0 Å². The average Bonchev–Trinajstić information content (AvgIpc) is 2.45. The fraction of sp³-hybridized carbons (Fsp3) is 0.143. The molecule has 1 unspecified atom stereocenters. The zero-order chi connectivity index (χ0) is 17.3. The number of hydrogen-bond acceptors (Lipinski definition) is 5. The van der Waals surface area contributed by atoms with Gasteiger partial charge in [-0.25, -0.2) is 4.18 Å². The highest BCUT2D eigenvalue weighted by Gasteiger charge is 2.34. The first kappa shape index (κ1) is 17.9. The molecule has 0 saturated heterocycles. The van der Waals surface area contributed by atoms with Gasteiger partial charge in [-0.15, -0.1) is 0 Å². The van der Waals surface area contributed by atoms with Crippen LogP contribution in [0.15, 0.2) is 53.4 Å². The van der Waals surface area contributed by atoms with Gasteiger partial charge in [-0.2, -0.15) is 16.8 Å². The van der Waals surface area contributed by atoms with Crippen LogP contribution in [0.2, 0.25) is 5.02 Å². The lowest BCUT2D eigenvalue weighted by Crippen LogP contribution is -2.21. The number of hydrogen-bond donors (Lipinski definition) is 1. The molecule has 0 saturated carbocycles. The van der Waals surface area contributed by atoms with Gasteiger partial charge in [0.05, 0.1) is 4.90 Å². The molecule has 0 aromatic heterocycles. The van der Waals surface area contributed by atoms with Gasteiger partial charge >= 0.3 is 0 Å². The summed E-state index contributed by atoms with van der Waals surface area (Å²) in [5, 5.41) is -0.0462. The van der Waals surface area contributed by atoms with Gasteiger partial charge in [0.2, 0.25) is 5.44 Å². The molecule has 0 spiro atoms. The highest BCUT2D eigenvalue weighted by Crippen LogP contribution is 2.33. The molecule has 0 heterocycles. The third kappa shape index (κ3) is 4.10. The van der Waals surface area contributed by atoms with E-state index in [9.17, 15) is 21.4 Å². The van der Waals surface area contributed by atoms with E-state index < -0.39 is 25.7 Å². The van der Waals surface area contributed by atoms with Crippen molar-refractivity contribution in [2.45, 2.75) is 17.3 Å². The zero-order valence-corrected chi connectivity index (χ0v) is 14.3. The first-order valence-corrected chi connectivity index (χ1v) is 9.61. The summed E-state index contributed by atoms with van der Waals surface area (Å²) in [5.74, 6) is 0. The molecule has 2 aromatic carbocycles. The molecule has 1 N–H and O–H groups in total. The third-order valence-electron chi connectivity index (χ3n) is 3.01. The summed E-state index contributed by atoms with van der Waals surface area (Å²) in [6.45, 7) is 1.54. The van der Waals surface area contributed by atoms with Crippen LogP contribution < -0.4 is 0 Å². The summed E-state index contributed by atoms with van der Waals surface area (Å²) in [4.78, 5) is -0.194. The van der Waals surface area contributed by atoms with Crippen molar-refractivity contribution >= 4 is 31.8 Å². The second kappa shape index (κ2) is 6.58. The Morgan fingerprint density at radius 1 is 1.00 bits per heavy atom. The van der Waals surface area contributed by atoms with Gasteiger partial charge in [-0.05, 0) is 24.6 Å². The van der Waals surface area contributed by atoms with E-state index in [2.05, 4.69) is 0 Å². The van der Waals surface area contributed by atoms with Gasteiger partial charge in [-0.3, -0.25) is 4.55 Å². The molecule has 2 aromatic rings. The van der Waals surface area contributed by atoms with E-state index in [4.69, 9.17) is 15.8 Å². The molecule has 0 bridgehead atoms. The summed E-state index contributed by atoms with van der Waals surface area (Å²) in [7, 11) is -9.32. The zero-order valence-electron chi connectivity index (χ0n) is 11.9. The minimum Gasteiger partial charge on any atom is -0.283 e. The number of halogens is 1. The van der Waals surface area contributed by atoms with E-state index >= 15 is 0 Å². The van der Waals surface area contributed by atoms with E-state index in [0.717, 1.165) is 0 Å². The lowest BCUT2D eigenvalue weighted by atomic mass is 10.2. The molecular weight excluding hydrogens is 364 g/mol. The molecule has 9 heteroatoms. The van der Waals surface area contributed by atoms with Crippen LogP contribution in [0.4, 0.5) is 0 Å². The largest absolute Gasteiger partial charge is 0.298 e. The van der Waals surface area contributed by atoms with Crippen LogP contribution in [0, 0.1) is 6.92 Å². The standard InChI is InChI=1S/C14H13ClO6S2/c1-10-6-2-5-9-13(10)23(19,20)21-14(22(16,17)18)11-7-3-4-8-12(11)15/h2-9,14H,1H3,(H,16,17,18). The van der Waals surface area contributed by atoms with Crippen molar-refractivity contribution in [1.29, 1.82) is 0 Å². The molecule has 124 valence electrons. The summed E-state index contributed by atoms with van der Waals surface area (Å²) in [6.07, 6.45) is 0. The maximum atomic E-state index is 12.4. The van der Waals surface area contributed by atoms with Crippen molar-refractivity contribution in [1.82, 2.24) is 0 Å². The van der Waals surface area contributed by atoms with Crippen LogP contribution in [0.1, 0.15) is 16.6 Å². The maximum absolute atomic E-state index is 12.4. The predicted molar refractivity (Wildman–Crippen MR) is 85.2 cm³/mol. The van der Waals surface area contributed by atoms with Crippen LogP contribution >= 0.6 is 11.6 Å². The summed E-state index contributed by atoms with van der Waals surface area (Å²) >= 11 is 5.88. The second-order valence-corrected chi connectivity index (χ2v) is 8.09. The number of aryl methyl sites for hydroxylation is 1. The van der Waals surface area contributed by atoms with Gasteiger partial charge in [-0.1, -0.05) is 48.0 Å². The van der Waals surface area contributed by atoms with Crippen LogP contribution in [0.3, 0.4) is 0 Å². The van der Waals surface area contributed by atoms with Crippen molar-refractivity contribution < 1.29 is 25.6 Å². The van der Waals surface area contributed by atoms with Crippen molar-refractivity contribution in [2.75, 3.05) is 0 Å². The summed E-state index contributed by atoms with van der Waals surface area (Å²) < 4.78 is 62.0. The molecule has 0 amide bonds. The molecule has 0 aliphatic heterocycles. The first-order valence-electron chi connectivity index (χ1n) is 6.32. The summed E-state index contributed by atoms with van der Waals surface area (Å²) in [5.41, 5.74) is -1.95. The lowest BCUT2D eigenvalue weighted by molar-refractivity contribution is 0.266. The van der Waals surface area contributed by atoms with Gasteiger partial charge in [0, 0.05) is 10.6 Å². The third-order valence-corrected chi connectivity index (χ3v) is 5.81. The Morgan fingerprint density at radius 3 is 2.13 bits per heavy atom. The fourth-order valence-electron chi connectivity index (χ4n) is 1.93. The first-order chi connectivity index (χ1) is 10.6. The monoisotopic (exact) mass is 376 g/mol. The molecular formula is C14H13ClO6S2. The van der Waals surface area contributed by atoms with Gasteiger partial charge in [0.15, 0.2) is 0 Å². The quantitative estimate of drug-likeness (QED) is 0.636. The fourth-order valence-corrected chi connectivity index (χ4v) is 4.61. The normalized spacial score (nSPS) is 13.7. The molecule has 0 aliphatic carbocycles. The number of rotatable bonds is 5. The molecule has 0 fully saturated rings. The van der Waals surface area contributed by atoms with Crippen molar-refractivity contribution in [3.63, 3.8) is 0 Å². The van der Waals surface area contributed by atoms with Gasteiger partial charge in [0.25, 0.3) is 20.2 Å². The Hall–Kier alpha value is -1.45. The maximum Gasteiger partial charge on any atom is 0.298 e. The topological polar surface area (TPSA) is 97.7 Å². The Labute approximate surface area is 139 Å². The van der Waals surface area contributed by atoms with Crippen LogP contribution in [-0.2, 0) is 24.4 Å². The Kier molecular flexibility index (Phi) is 5.12. The minimum atomic E-state index is -4.88. The highest BCUT2D eigenvalue weighted by atomic mass is 35.5. The summed E-state index contributed by atoms with van der Waals surface area (Å²) in [6, 6.07) is 11.5.